The Labute approximate surface area is 203 Å². The summed E-state index contributed by atoms with van der Waals surface area (Å²) in [5.74, 6) is 0.961. The summed E-state index contributed by atoms with van der Waals surface area (Å²) < 4.78 is 29.2. The maximum absolute atomic E-state index is 13.2. The molecule has 0 saturated carbocycles. The summed E-state index contributed by atoms with van der Waals surface area (Å²) in [4.78, 5) is 0.297. The van der Waals surface area contributed by atoms with Crippen LogP contribution < -0.4 is 10.0 Å². The first-order valence-corrected chi connectivity index (χ1v) is 13.5. The maximum Gasteiger partial charge on any atom is 0.261 e. The highest BCUT2D eigenvalue weighted by atomic mass is 32.2. The van der Waals surface area contributed by atoms with Crippen LogP contribution in [0.15, 0.2) is 77.7 Å². The van der Waals surface area contributed by atoms with Gasteiger partial charge in [-0.05, 0) is 84.7 Å². The van der Waals surface area contributed by atoms with Crippen molar-refractivity contribution in [3.05, 3.63) is 101 Å². The molecule has 1 heterocycles. The summed E-state index contributed by atoms with van der Waals surface area (Å²) >= 11 is 0. The van der Waals surface area contributed by atoms with Crippen molar-refractivity contribution in [3.8, 4) is 0 Å². The second kappa shape index (κ2) is 8.62. The van der Waals surface area contributed by atoms with Crippen LogP contribution in [0, 0.1) is 19.8 Å². The number of hydrogen-bond donors (Lipinski definition) is 2. The average Bonchev–Trinajstić information content (AvgIpc) is 3.30. The molecule has 3 aromatic carbocycles. The molecule has 4 nitrogen and oxygen atoms in total. The van der Waals surface area contributed by atoms with Crippen LogP contribution >= 0.6 is 0 Å². The van der Waals surface area contributed by atoms with Gasteiger partial charge in [-0.25, -0.2) is 8.42 Å². The van der Waals surface area contributed by atoms with Gasteiger partial charge >= 0.3 is 0 Å². The minimum absolute atomic E-state index is 0.196. The number of nitrogens with one attached hydrogen (secondary N) is 2. The molecule has 2 N–H and O–H groups in total. The Kier molecular flexibility index (Phi) is 5.76. The first-order valence-electron chi connectivity index (χ1n) is 12.0. The van der Waals surface area contributed by atoms with Gasteiger partial charge in [0.05, 0.1) is 10.9 Å². The lowest BCUT2D eigenvalue weighted by Crippen LogP contribution is -2.30. The third kappa shape index (κ3) is 4.14. The summed E-state index contributed by atoms with van der Waals surface area (Å²) in [6.07, 6.45) is 5.46. The highest BCUT2D eigenvalue weighted by molar-refractivity contribution is 7.92. The Morgan fingerprint density at radius 3 is 2.44 bits per heavy atom. The average molecular weight is 473 g/mol. The number of hydrogen-bond acceptors (Lipinski definition) is 3. The molecule has 0 fully saturated rings. The van der Waals surface area contributed by atoms with Crippen LogP contribution in [0.25, 0.3) is 0 Å². The fourth-order valence-electron chi connectivity index (χ4n) is 5.29. The third-order valence-electron chi connectivity index (χ3n) is 7.24. The number of fused-ring (bicyclic) bond motifs is 3. The number of anilines is 2. The predicted octanol–water partition coefficient (Wildman–Crippen LogP) is 7.05. The summed E-state index contributed by atoms with van der Waals surface area (Å²) in [7, 11) is -3.69. The fourth-order valence-corrected chi connectivity index (χ4v) is 6.39. The lowest BCUT2D eigenvalue weighted by atomic mass is 9.76. The van der Waals surface area contributed by atoms with Gasteiger partial charge < -0.3 is 5.32 Å². The molecule has 0 radical (unpaired) electrons. The van der Waals surface area contributed by atoms with Crippen LogP contribution in [-0.4, -0.2) is 8.42 Å². The van der Waals surface area contributed by atoms with Gasteiger partial charge in [-0.2, -0.15) is 0 Å². The largest absolute Gasteiger partial charge is 0.378 e. The van der Waals surface area contributed by atoms with E-state index in [2.05, 4.69) is 68.1 Å². The molecule has 5 heteroatoms. The SMILES string of the molecule is Cc1ccc(C)c([C@H]2Nc3ccc(S(=O)(=O)Nc4ccc(C(C)C)cc4)cc3[C@H]3C=CC[C@H]32)c1. The Morgan fingerprint density at radius 1 is 0.941 bits per heavy atom. The van der Waals surface area contributed by atoms with Crippen LogP contribution in [0.3, 0.4) is 0 Å². The van der Waals surface area contributed by atoms with Gasteiger partial charge in [-0.1, -0.05) is 61.9 Å². The van der Waals surface area contributed by atoms with Gasteiger partial charge in [0.2, 0.25) is 0 Å². The first-order chi connectivity index (χ1) is 16.2. The van der Waals surface area contributed by atoms with Gasteiger partial charge in [-0.15, -0.1) is 0 Å². The molecular weight excluding hydrogens is 440 g/mol. The molecule has 1 aliphatic carbocycles. The van der Waals surface area contributed by atoms with Crippen molar-refractivity contribution in [1.29, 1.82) is 0 Å². The molecular formula is C29H32N2O2S. The lowest BCUT2D eigenvalue weighted by molar-refractivity contribution is 0.424. The zero-order valence-corrected chi connectivity index (χ0v) is 21.0. The van der Waals surface area contributed by atoms with E-state index in [1.54, 1.807) is 6.07 Å². The van der Waals surface area contributed by atoms with E-state index in [1.165, 1.54) is 22.3 Å². The Hall–Kier alpha value is -3.05. The minimum Gasteiger partial charge on any atom is -0.378 e. The monoisotopic (exact) mass is 472 g/mol. The zero-order chi connectivity index (χ0) is 24.0. The van der Waals surface area contributed by atoms with E-state index in [0.717, 1.165) is 17.7 Å². The molecule has 176 valence electrons. The van der Waals surface area contributed by atoms with Crippen molar-refractivity contribution in [2.24, 2.45) is 5.92 Å². The van der Waals surface area contributed by atoms with Crippen LogP contribution in [0.1, 0.15) is 66.0 Å². The maximum atomic E-state index is 13.2. The highest BCUT2D eigenvalue weighted by Gasteiger charge is 2.39. The van der Waals surface area contributed by atoms with Gasteiger partial charge in [0, 0.05) is 17.3 Å². The third-order valence-corrected chi connectivity index (χ3v) is 8.62. The molecule has 5 rings (SSSR count). The van der Waals surface area contributed by atoms with Gasteiger partial charge in [-0.3, -0.25) is 4.72 Å². The second-order valence-electron chi connectivity index (χ2n) is 9.97. The fraction of sp³-hybridized carbons (Fsp3) is 0.310. The molecule has 0 unspecified atom stereocenters. The molecule has 3 atom stereocenters. The summed E-state index contributed by atoms with van der Waals surface area (Å²) in [6.45, 7) is 8.54. The molecule has 0 bridgehead atoms. The van der Waals surface area contributed by atoms with Crippen molar-refractivity contribution >= 4 is 21.4 Å². The number of allylic oxidation sites excluding steroid dienone is 2. The Bertz CT molecular complexity index is 1360. The van der Waals surface area contributed by atoms with Crippen molar-refractivity contribution in [2.75, 3.05) is 10.0 Å². The molecule has 0 aromatic heterocycles. The van der Waals surface area contributed by atoms with Crippen molar-refractivity contribution < 1.29 is 8.42 Å². The molecule has 3 aromatic rings. The Morgan fingerprint density at radius 2 is 1.71 bits per heavy atom. The van der Waals surface area contributed by atoms with E-state index in [0.29, 0.717) is 22.4 Å². The van der Waals surface area contributed by atoms with E-state index < -0.39 is 10.0 Å². The number of rotatable bonds is 5. The zero-order valence-electron chi connectivity index (χ0n) is 20.2. The van der Waals surface area contributed by atoms with Crippen molar-refractivity contribution in [3.63, 3.8) is 0 Å². The topological polar surface area (TPSA) is 58.2 Å². The van der Waals surface area contributed by atoms with Gasteiger partial charge in [0.15, 0.2) is 0 Å². The molecule has 1 aliphatic heterocycles. The van der Waals surface area contributed by atoms with Crippen molar-refractivity contribution in [2.45, 2.75) is 56.9 Å². The Balaban J connectivity index is 1.46. The first kappa shape index (κ1) is 22.7. The van der Waals surface area contributed by atoms with E-state index in [4.69, 9.17) is 0 Å². The smallest absolute Gasteiger partial charge is 0.261 e. The second-order valence-corrected chi connectivity index (χ2v) is 11.6. The van der Waals surface area contributed by atoms with E-state index in [1.807, 2.05) is 36.4 Å². The molecule has 34 heavy (non-hydrogen) atoms. The molecule has 2 aliphatic rings. The predicted molar refractivity (Wildman–Crippen MR) is 140 cm³/mol. The van der Waals surface area contributed by atoms with Crippen molar-refractivity contribution in [1.82, 2.24) is 0 Å². The minimum atomic E-state index is -3.69. The van der Waals surface area contributed by atoms with Crippen LogP contribution in [-0.2, 0) is 10.0 Å². The standard InChI is InChI=1S/C29H32N2O2S/c1-18(2)21-10-12-22(13-11-21)31-34(32,33)23-14-15-28-27(17-23)24-6-5-7-25(24)29(30-28)26-16-19(3)8-9-20(26)4/h5-6,8-18,24-25,29-31H,7H2,1-4H3/t24-,25+,29-/m0/s1. The van der Waals surface area contributed by atoms with E-state index in [9.17, 15) is 8.42 Å². The molecule has 0 amide bonds. The summed E-state index contributed by atoms with van der Waals surface area (Å²) in [5.41, 5.74) is 7.69. The van der Waals surface area contributed by atoms with Crippen LogP contribution in [0.4, 0.5) is 11.4 Å². The molecule has 0 spiro atoms. The van der Waals surface area contributed by atoms with E-state index >= 15 is 0 Å². The number of aryl methyl sites for hydroxylation is 2. The number of benzene rings is 3. The number of sulfonamides is 1. The van der Waals surface area contributed by atoms with E-state index in [-0.39, 0.29) is 12.0 Å². The van der Waals surface area contributed by atoms with Crippen LogP contribution in [0.2, 0.25) is 0 Å². The molecule has 0 saturated heterocycles. The lowest BCUT2D eigenvalue weighted by Gasteiger charge is -2.38. The van der Waals surface area contributed by atoms with Gasteiger partial charge in [0.1, 0.15) is 0 Å². The van der Waals surface area contributed by atoms with Crippen LogP contribution in [0.5, 0.6) is 0 Å². The van der Waals surface area contributed by atoms with Gasteiger partial charge in [0.25, 0.3) is 10.0 Å². The summed E-state index contributed by atoms with van der Waals surface area (Å²) in [5, 5.41) is 3.74. The normalized spacial score (nSPS) is 21.1. The highest BCUT2D eigenvalue weighted by Crippen LogP contribution is 2.50. The quantitative estimate of drug-likeness (QED) is 0.391. The summed E-state index contributed by atoms with van der Waals surface area (Å²) in [6, 6.07) is 19.9.